The molecule has 0 bridgehead atoms. The standard InChI is InChI=1S/C26H48N4O10/c31-6-1-7-33-10-13-36-16-17-38-15-12-35-9-5-30-22-25(27-28-30)24-40-21-20-39-19-18-37-14-11-34-8-4-29-3-2-26(32)23-29/h6,22,26,32H,1-5,7-21,23-24H2/t26-/m1/s1. The third-order valence-corrected chi connectivity index (χ3v) is 5.71. The fraction of sp³-hybridized carbons (Fsp3) is 0.885. The normalized spacial score (nSPS) is 15.8. The lowest BCUT2D eigenvalue weighted by Gasteiger charge is -2.14. The number of aliphatic hydroxyl groups excluding tert-OH is 1. The van der Waals surface area contributed by atoms with Crippen LogP contribution in [0, 0.1) is 0 Å². The van der Waals surface area contributed by atoms with E-state index in [0.717, 1.165) is 38.0 Å². The van der Waals surface area contributed by atoms with Crippen molar-refractivity contribution in [1.82, 2.24) is 19.9 Å². The third-order valence-electron chi connectivity index (χ3n) is 5.71. The lowest BCUT2D eigenvalue weighted by molar-refractivity contribution is -0.109. The zero-order valence-corrected chi connectivity index (χ0v) is 23.7. The molecule has 1 fully saturated rings. The van der Waals surface area contributed by atoms with Gasteiger partial charge in [-0.25, -0.2) is 4.68 Å². The van der Waals surface area contributed by atoms with Gasteiger partial charge in [-0.15, -0.1) is 5.10 Å². The molecule has 14 heteroatoms. The number of hydrogen-bond donors (Lipinski definition) is 1. The number of β-amino-alcohol motifs (C(OH)–C–C–N with tert-alkyl or cyclic N) is 1. The molecule has 0 aromatic carbocycles. The van der Waals surface area contributed by atoms with Gasteiger partial charge in [0, 0.05) is 26.1 Å². The van der Waals surface area contributed by atoms with E-state index in [2.05, 4.69) is 15.2 Å². The SMILES string of the molecule is O=CCCOCCOCCOCCOCCn1cc(COCCOCCOCCOCCN2CC[C@@H](O)C2)nn1. The van der Waals surface area contributed by atoms with Crippen molar-refractivity contribution >= 4 is 6.29 Å². The highest BCUT2D eigenvalue weighted by molar-refractivity contribution is 5.49. The molecule has 232 valence electrons. The van der Waals surface area contributed by atoms with Crippen LogP contribution in [0.25, 0.3) is 0 Å². The molecule has 1 aliphatic heterocycles. The smallest absolute Gasteiger partial charge is 0.122 e. The Labute approximate surface area is 237 Å². The van der Waals surface area contributed by atoms with E-state index in [1.54, 1.807) is 4.68 Å². The van der Waals surface area contributed by atoms with E-state index < -0.39 is 0 Å². The average Bonchev–Trinajstić information content (AvgIpc) is 3.59. The van der Waals surface area contributed by atoms with Crippen molar-refractivity contribution in [1.29, 1.82) is 0 Å². The Morgan fingerprint density at radius 2 is 1.23 bits per heavy atom. The minimum Gasteiger partial charge on any atom is -0.392 e. The Morgan fingerprint density at radius 3 is 1.75 bits per heavy atom. The molecule has 1 aliphatic rings. The lowest BCUT2D eigenvalue weighted by Crippen LogP contribution is -2.26. The molecule has 1 atom stereocenters. The Bertz CT molecular complexity index is 715. The lowest BCUT2D eigenvalue weighted by atomic mass is 10.3. The molecule has 0 aliphatic carbocycles. The Kier molecular flexibility index (Phi) is 21.8. The van der Waals surface area contributed by atoms with Crippen molar-refractivity contribution in [3.63, 3.8) is 0 Å². The van der Waals surface area contributed by atoms with Crippen LogP contribution in [0.1, 0.15) is 18.5 Å². The molecule has 1 N–H and O–H groups in total. The van der Waals surface area contributed by atoms with Crippen LogP contribution >= 0.6 is 0 Å². The molecule has 0 saturated carbocycles. The molecule has 0 amide bonds. The Hall–Kier alpha value is -1.59. The topological polar surface area (TPSA) is 145 Å². The summed E-state index contributed by atoms with van der Waals surface area (Å²) < 4.78 is 45.4. The number of nitrogens with zero attached hydrogens (tertiary/aromatic N) is 4. The second-order valence-corrected chi connectivity index (χ2v) is 9.01. The first-order valence-electron chi connectivity index (χ1n) is 14.1. The molecule has 0 spiro atoms. The van der Waals surface area contributed by atoms with Gasteiger partial charge in [0.1, 0.15) is 12.0 Å². The number of carbonyl (C=O) groups excluding carboxylic acids is 1. The van der Waals surface area contributed by atoms with Gasteiger partial charge in [-0.05, 0) is 6.42 Å². The first-order chi connectivity index (χ1) is 19.8. The molecule has 2 rings (SSSR count). The van der Waals surface area contributed by atoms with Gasteiger partial charge in [-0.1, -0.05) is 5.21 Å². The van der Waals surface area contributed by atoms with Gasteiger partial charge in [-0.2, -0.15) is 0 Å². The van der Waals surface area contributed by atoms with Crippen molar-refractivity contribution in [2.24, 2.45) is 0 Å². The van der Waals surface area contributed by atoms with Crippen molar-refractivity contribution in [3.8, 4) is 0 Å². The summed E-state index contributed by atoms with van der Waals surface area (Å²) in [5.74, 6) is 0. The molecule has 0 radical (unpaired) electrons. The fourth-order valence-corrected chi connectivity index (χ4v) is 3.61. The number of hydrogen-bond acceptors (Lipinski definition) is 13. The number of aliphatic hydroxyl groups is 1. The van der Waals surface area contributed by atoms with E-state index in [0.29, 0.717) is 119 Å². The number of rotatable bonds is 29. The molecule has 40 heavy (non-hydrogen) atoms. The molecular weight excluding hydrogens is 528 g/mol. The third kappa shape index (κ3) is 19.5. The number of ether oxygens (including phenoxy) is 8. The summed E-state index contributed by atoms with van der Waals surface area (Å²) in [6, 6.07) is 0. The average molecular weight is 577 g/mol. The van der Waals surface area contributed by atoms with Crippen molar-refractivity contribution < 1.29 is 47.8 Å². The van der Waals surface area contributed by atoms with E-state index in [4.69, 9.17) is 37.9 Å². The van der Waals surface area contributed by atoms with Crippen molar-refractivity contribution in [2.75, 3.05) is 119 Å². The van der Waals surface area contributed by atoms with Gasteiger partial charge in [0.15, 0.2) is 0 Å². The minimum absolute atomic E-state index is 0.185. The first-order valence-corrected chi connectivity index (χ1v) is 14.1. The van der Waals surface area contributed by atoms with Gasteiger partial charge in [-0.3, -0.25) is 4.90 Å². The van der Waals surface area contributed by atoms with E-state index in [9.17, 15) is 9.90 Å². The van der Waals surface area contributed by atoms with Crippen LogP contribution in [0.2, 0.25) is 0 Å². The van der Waals surface area contributed by atoms with Gasteiger partial charge < -0.3 is 47.8 Å². The molecule has 1 aromatic rings. The van der Waals surface area contributed by atoms with Crippen molar-refractivity contribution in [2.45, 2.75) is 32.1 Å². The van der Waals surface area contributed by atoms with E-state index >= 15 is 0 Å². The van der Waals surface area contributed by atoms with E-state index in [-0.39, 0.29) is 6.10 Å². The van der Waals surface area contributed by atoms with Crippen molar-refractivity contribution in [3.05, 3.63) is 11.9 Å². The Morgan fingerprint density at radius 1 is 0.725 bits per heavy atom. The molecule has 1 aromatic heterocycles. The fourth-order valence-electron chi connectivity index (χ4n) is 3.61. The number of aldehydes is 1. The summed E-state index contributed by atoms with van der Waals surface area (Å²) in [5.41, 5.74) is 0.752. The highest BCUT2D eigenvalue weighted by Crippen LogP contribution is 2.07. The van der Waals surface area contributed by atoms with Gasteiger partial charge in [0.2, 0.25) is 0 Å². The highest BCUT2D eigenvalue weighted by atomic mass is 16.6. The molecule has 1 saturated heterocycles. The summed E-state index contributed by atoms with van der Waals surface area (Å²) >= 11 is 0. The van der Waals surface area contributed by atoms with Crippen LogP contribution in [-0.2, 0) is 55.8 Å². The minimum atomic E-state index is -0.185. The zero-order valence-electron chi connectivity index (χ0n) is 23.7. The molecular formula is C26H48N4O10. The van der Waals surface area contributed by atoms with E-state index in [1.807, 2.05) is 6.20 Å². The summed E-state index contributed by atoms with van der Waals surface area (Å²) in [4.78, 5) is 12.4. The summed E-state index contributed by atoms with van der Waals surface area (Å²) in [7, 11) is 0. The summed E-state index contributed by atoms with van der Waals surface area (Å²) in [6.45, 7) is 11.1. The predicted octanol–water partition coefficient (Wildman–Crippen LogP) is -0.433. The van der Waals surface area contributed by atoms with Gasteiger partial charge in [0.25, 0.3) is 0 Å². The highest BCUT2D eigenvalue weighted by Gasteiger charge is 2.19. The van der Waals surface area contributed by atoms with Crippen LogP contribution in [0.4, 0.5) is 0 Å². The number of likely N-dealkylation sites (tertiary alicyclic amines) is 1. The maximum atomic E-state index is 10.1. The number of aromatic nitrogens is 3. The largest absolute Gasteiger partial charge is 0.392 e. The first kappa shape index (κ1) is 34.6. The Balaban J connectivity index is 1.27. The van der Waals surface area contributed by atoms with Crippen LogP contribution in [0.3, 0.4) is 0 Å². The monoisotopic (exact) mass is 576 g/mol. The predicted molar refractivity (Wildman–Crippen MR) is 143 cm³/mol. The van der Waals surface area contributed by atoms with Gasteiger partial charge >= 0.3 is 0 Å². The molecule has 0 unspecified atom stereocenters. The van der Waals surface area contributed by atoms with E-state index in [1.165, 1.54) is 0 Å². The number of carbonyl (C=O) groups is 1. The maximum Gasteiger partial charge on any atom is 0.122 e. The van der Waals surface area contributed by atoms with Crippen LogP contribution in [0.15, 0.2) is 6.20 Å². The zero-order chi connectivity index (χ0) is 28.4. The molecule has 2 heterocycles. The second kappa shape index (κ2) is 25.1. The quantitative estimate of drug-likeness (QED) is 0.0973. The maximum absolute atomic E-state index is 10.1. The van der Waals surface area contributed by atoms with Crippen LogP contribution in [0.5, 0.6) is 0 Å². The van der Waals surface area contributed by atoms with Crippen LogP contribution < -0.4 is 0 Å². The molecule has 14 nitrogen and oxygen atoms in total. The second-order valence-electron chi connectivity index (χ2n) is 9.01. The van der Waals surface area contributed by atoms with Crippen LogP contribution in [-0.4, -0.2) is 156 Å². The summed E-state index contributed by atoms with van der Waals surface area (Å²) in [6.07, 6.45) is 3.75. The summed E-state index contributed by atoms with van der Waals surface area (Å²) in [5, 5.41) is 17.7. The van der Waals surface area contributed by atoms with Gasteiger partial charge in [0.05, 0.1) is 125 Å².